The van der Waals surface area contributed by atoms with Crippen LogP contribution in [0.15, 0.2) is 42.5 Å². The third-order valence-corrected chi connectivity index (χ3v) is 4.84. The Morgan fingerprint density at radius 1 is 1.00 bits per heavy atom. The molecule has 2 unspecified atom stereocenters. The summed E-state index contributed by atoms with van der Waals surface area (Å²) in [6, 6.07) is 15.4. The number of benzene rings is 2. The molecule has 1 N–H and O–H groups in total. The first kappa shape index (κ1) is 13.6. The second kappa shape index (κ2) is 6.41. The van der Waals surface area contributed by atoms with Crippen LogP contribution in [-0.2, 0) is 6.54 Å². The van der Waals surface area contributed by atoms with Crippen LogP contribution in [-0.4, -0.2) is 6.54 Å². The number of rotatable bonds is 4. The van der Waals surface area contributed by atoms with Crippen LogP contribution in [0.2, 0.25) is 0 Å². The Hall–Kier alpha value is -1.34. The van der Waals surface area contributed by atoms with E-state index in [0.29, 0.717) is 0 Å². The molecule has 3 rings (SSSR count). The van der Waals surface area contributed by atoms with Gasteiger partial charge in [0.25, 0.3) is 0 Å². The Morgan fingerprint density at radius 3 is 2.65 bits per heavy atom. The van der Waals surface area contributed by atoms with Gasteiger partial charge in [0.15, 0.2) is 0 Å². The lowest BCUT2D eigenvalue weighted by Gasteiger charge is -2.28. The first-order chi connectivity index (χ1) is 9.83. The van der Waals surface area contributed by atoms with Gasteiger partial charge in [-0.05, 0) is 47.2 Å². The molecule has 1 aliphatic carbocycles. The number of hydrogen-bond acceptors (Lipinski definition) is 1. The van der Waals surface area contributed by atoms with Crippen molar-refractivity contribution in [1.82, 2.24) is 5.32 Å². The molecule has 2 aromatic rings. The number of hydrogen-bond donors (Lipinski definition) is 1. The summed E-state index contributed by atoms with van der Waals surface area (Å²) in [5, 5.41) is 6.34. The monoisotopic (exact) mass is 267 g/mol. The van der Waals surface area contributed by atoms with Crippen LogP contribution < -0.4 is 5.32 Å². The zero-order valence-corrected chi connectivity index (χ0v) is 12.4. The first-order valence-electron chi connectivity index (χ1n) is 8.01. The zero-order valence-electron chi connectivity index (χ0n) is 12.4. The Balaban J connectivity index is 1.56. The van der Waals surface area contributed by atoms with Crippen molar-refractivity contribution in [2.75, 3.05) is 6.54 Å². The van der Waals surface area contributed by atoms with E-state index >= 15 is 0 Å². The van der Waals surface area contributed by atoms with Crippen molar-refractivity contribution in [3.8, 4) is 0 Å². The fourth-order valence-corrected chi connectivity index (χ4v) is 3.45. The van der Waals surface area contributed by atoms with Crippen LogP contribution in [0.4, 0.5) is 0 Å². The summed E-state index contributed by atoms with van der Waals surface area (Å²) in [5.74, 6) is 1.78. The molecule has 0 radical (unpaired) electrons. The lowest BCUT2D eigenvalue weighted by Crippen LogP contribution is -2.29. The molecule has 1 saturated carbocycles. The average molecular weight is 267 g/mol. The molecule has 2 atom stereocenters. The molecule has 0 amide bonds. The maximum atomic E-state index is 3.67. The second-order valence-corrected chi connectivity index (χ2v) is 6.33. The molecular formula is C19H25N. The second-order valence-electron chi connectivity index (χ2n) is 6.33. The molecule has 20 heavy (non-hydrogen) atoms. The average Bonchev–Trinajstić information content (AvgIpc) is 2.49. The molecule has 0 heterocycles. The smallest absolute Gasteiger partial charge is 0.0205 e. The van der Waals surface area contributed by atoms with Gasteiger partial charge in [-0.1, -0.05) is 62.6 Å². The minimum Gasteiger partial charge on any atom is -0.312 e. The summed E-state index contributed by atoms with van der Waals surface area (Å²) in [5.41, 5.74) is 1.40. The largest absolute Gasteiger partial charge is 0.312 e. The maximum absolute atomic E-state index is 3.67. The lowest BCUT2D eigenvalue weighted by atomic mass is 9.80. The molecule has 1 fully saturated rings. The normalized spacial score (nSPS) is 23.1. The van der Waals surface area contributed by atoms with E-state index in [9.17, 15) is 0 Å². The van der Waals surface area contributed by atoms with Gasteiger partial charge >= 0.3 is 0 Å². The van der Waals surface area contributed by atoms with Crippen molar-refractivity contribution >= 4 is 10.8 Å². The van der Waals surface area contributed by atoms with E-state index in [-0.39, 0.29) is 0 Å². The van der Waals surface area contributed by atoms with Gasteiger partial charge in [0.1, 0.15) is 0 Å². The molecule has 1 nitrogen and oxygen atoms in total. The quantitative estimate of drug-likeness (QED) is 0.842. The van der Waals surface area contributed by atoms with Crippen molar-refractivity contribution in [2.45, 2.75) is 39.2 Å². The summed E-state index contributed by atoms with van der Waals surface area (Å²) in [6.45, 7) is 4.59. The Labute approximate surface area is 122 Å². The van der Waals surface area contributed by atoms with Crippen molar-refractivity contribution in [2.24, 2.45) is 11.8 Å². The van der Waals surface area contributed by atoms with Crippen LogP contribution in [0.3, 0.4) is 0 Å². The standard InChI is InChI=1S/C19H25N/c1-15-6-2-3-9-19(15)14-20-13-16-10-11-17-7-4-5-8-18(17)12-16/h4-5,7-8,10-12,15,19-20H,2-3,6,9,13-14H2,1H3. The van der Waals surface area contributed by atoms with E-state index in [1.54, 1.807) is 0 Å². The van der Waals surface area contributed by atoms with Gasteiger partial charge in [0, 0.05) is 6.54 Å². The molecule has 0 aliphatic heterocycles. The van der Waals surface area contributed by atoms with Crippen molar-refractivity contribution < 1.29 is 0 Å². The summed E-state index contributed by atoms with van der Waals surface area (Å²) in [7, 11) is 0. The lowest BCUT2D eigenvalue weighted by molar-refractivity contribution is 0.247. The highest BCUT2D eigenvalue weighted by Crippen LogP contribution is 2.28. The minimum absolute atomic E-state index is 0.879. The van der Waals surface area contributed by atoms with E-state index in [1.165, 1.54) is 48.6 Å². The predicted octanol–water partition coefficient (Wildman–Crippen LogP) is 4.76. The Morgan fingerprint density at radius 2 is 1.80 bits per heavy atom. The SMILES string of the molecule is CC1CCCCC1CNCc1ccc2ccccc2c1. The highest BCUT2D eigenvalue weighted by Gasteiger charge is 2.20. The van der Waals surface area contributed by atoms with Gasteiger partial charge in [-0.15, -0.1) is 0 Å². The Kier molecular flexibility index (Phi) is 4.37. The molecule has 0 spiro atoms. The van der Waals surface area contributed by atoms with E-state index in [4.69, 9.17) is 0 Å². The van der Waals surface area contributed by atoms with Crippen LogP contribution in [0.25, 0.3) is 10.8 Å². The zero-order chi connectivity index (χ0) is 13.8. The van der Waals surface area contributed by atoms with Gasteiger partial charge in [0.05, 0.1) is 0 Å². The third kappa shape index (κ3) is 3.21. The minimum atomic E-state index is 0.879. The summed E-state index contributed by atoms with van der Waals surface area (Å²) in [6.07, 6.45) is 5.68. The first-order valence-corrected chi connectivity index (χ1v) is 8.01. The van der Waals surface area contributed by atoms with Crippen molar-refractivity contribution in [3.63, 3.8) is 0 Å². The Bertz CT molecular complexity index is 560. The van der Waals surface area contributed by atoms with Crippen molar-refractivity contribution in [3.05, 3.63) is 48.0 Å². The van der Waals surface area contributed by atoms with Crippen LogP contribution in [0.5, 0.6) is 0 Å². The van der Waals surface area contributed by atoms with Gasteiger partial charge in [-0.3, -0.25) is 0 Å². The summed E-state index contributed by atoms with van der Waals surface area (Å²) >= 11 is 0. The topological polar surface area (TPSA) is 12.0 Å². The van der Waals surface area contributed by atoms with Gasteiger partial charge in [-0.25, -0.2) is 0 Å². The van der Waals surface area contributed by atoms with E-state index in [1.807, 2.05) is 0 Å². The molecule has 0 aromatic heterocycles. The molecule has 2 aromatic carbocycles. The fourth-order valence-electron chi connectivity index (χ4n) is 3.45. The molecule has 1 aliphatic rings. The van der Waals surface area contributed by atoms with Crippen LogP contribution >= 0.6 is 0 Å². The molecule has 106 valence electrons. The highest BCUT2D eigenvalue weighted by molar-refractivity contribution is 5.82. The predicted molar refractivity (Wildman–Crippen MR) is 86.8 cm³/mol. The summed E-state index contributed by atoms with van der Waals surface area (Å²) < 4.78 is 0. The van der Waals surface area contributed by atoms with E-state index < -0.39 is 0 Å². The van der Waals surface area contributed by atoms with Crippen LogP contribution in [0, 0.1) is 11.8 Å². The number of nitrogens with one attached hydrogen (secondary N) is 1. The van der Waals surface area contributed by atoms with E-state index in [0.717, 1.165) is 18.4 Å². The van der Waals surface area contributed by atoms with Gasteiger partial charge < -0.3 is 5.32 Å². The van der Waals surface area contributed by atoms with Crippen molar-refractivity contribution in [1.29, 1.82) is 0 Å². The fraction of sp³-hybridized carbons (Fsp3) is 0.474. The van der Waals surface area contributed by atoms with Gasteiger partial charge in [0.2, 0.25) is 0 Å². The maximum Gasteiger partial charge on any atom is 0.0205 e. The third-order valence-electron chi connectivity index (χ3n) is 4.84. The number of fused-ring (bicyclic) bond motifs is 1. The van der Waals surface area contributed by atoms with E-state index in [2.05, 4.69) is 54.7 Å². The highest BCUT2D eigenvalue weighted by atomic mass is 14.9. The molecule has 0 bridgehead atoms. The summed E-state index contributed by atoms with van der Waals surface area (Å²) in [4.78, 5) is 0. The molecular weight excluding hydrogens is 242 g/mol. The molecule has 1 heteroatoms. The van der Waals surface area contributed by atoms with Crippen LogP contribution in [0.1, 0.15) is 38.2 Å². The molecule has 0 saturated heterocycles. The van der Waals surface area contributed by atoms with Gasteiger partial charge in [-0.2, -0.15) is 0 Å².